The van der Waals surface area contributed by atoms with E-state index in [1.807, 2.05) is 6.92 Å². The largest absolute Gasteiger partial charge is 0.486 e. The van der Waals surface area contributed by atoms with Crippen LogP contribution in [0.3, 0.4) is 0 Å². The zero-order chi connectivity index (χ0) is 22.8. The number of nitrogens with zero attached hydrogens (tertiary/aromatic N) is 3. The van der Waals surface area contributed by atoms with Gasteiger partial charge in [0.15, 0.2) is 10.8 Å². The van der Waals surface area contributed by atoms with Crippen molar-refractivity contribution in [3.63, 3.8) is 0 Å². The molecule has 0 unspecified atom stereocenters. The van der Waals surface area contributed by atoms with E-state index >= 15 is 0 Å². The summed E-state index contributed by atoms with van der Waals surface area (Å²) in [6.07, 6.45) is 2.45. The van der Waals surface area contributed by atoms with E-state index in [4.69, 9.17) is 4.74 Å². The Balaban J connectivity index is 2.08. The lowest BCUT2D eigenvalue weighted by Gasteiger charge is -2.37. The molecule has 170 valence electrons. The summed E-state index contributed by atoms with van der Waals surface area (Å²) in [6, 6.07) is 4.34. The SMILES string of the molecule is CNC[C@H]1Oc2c(NS(=O)(=O)c3cn(C)cn3)cccc2C(=O)N([C@H](C)CO)C[C@@H]1C. The van der Waals surface area contributed by atoms with E-state index in [-0.39, 0.29) is 46.6 Å². The average molecular weight is 452 g/mol. The number of aromatic nitrogens is 2. The number of hydrogen-bond donors (Lipinski definition) is 3. The normalized spacial score (nSPS) is 20.4. The summed E-state index contributed by atoms with van der Waals surface area (Å²) in [5.74, 6) is -0.238. The molecule has 31 heavy (non-hydrogen) atoms. The second kappa shape index (κ2) is 9.25. The van der Waals surface area contributed by atoms with Crippen molar-refractivity contribution < 1.29 is 23.1 Å². The minimum atomic E-state index is -3.98. The predicted molar refractivity (Wildman–Crippen MR) is 116 cm³/mol. The lowest BCUT2D eigenvalue weighted by molar-refractivity contribution is 0.0417. The number of imidazole rings is 1. The molecule has 0 bridgehead atoms. The lowest BCUT2D eigenvalue weighted by Crippen LogP contribution is -2.49. The second-order valence-electron chi connectivity index (χ2n) is 7.85. The molecule has 0 spiro atoms. The average Bonchev–Trinajstić information content (AvgIpc) is 3.18. The molecule has 1 aliphatic heterocycles. The molecule has 2 heterocycles. The van der Waals surface area contributed by atoms with Gasteiger partial charge in [0, 0.05) is 32.3 Å². The van der Waals surface area contributed by atoms with Crippen molar-refractivity contribution in [3.8, 4) is 5.75 Å². The van der Waals surface area contributed by atoms with Gasteiger partial charge in [-0.05, 0) is 26.1 Å². The number of rotatable bonds is 7. The molecule has 10 nitrogen and oxygen atoms in total. The predicted octanol–water partition coefficient (Wildman–Crippen LogP) is 0.660. The van der Waals surface area contributed by atoms with Crippen LogP contribution in [0.5, 0.6) is 5.75 Å². The molecule has 0 saturated heterocycles. The summed E-state index contributed by atoms with van der Waals surface area (Å²) in [7, 11) is -0.515. The summed E-state index contributed by atoms with van der Waals surface area (Å²) in [5.41, 5.74) is 0.387. The standard InChI is InChI=1S/C20H29N5O5S/c1-13-9-25(14(2)11-26)20(27)15-6-5-7-16(19(15)30-17(13)8-21-3)23-31(28,29)18-10-24(4)12-22-18/h5-7,10,12-14,17,21,23,26H,8-9,11H2,1-4H3/t13-,14+,17+/m0/s1. The monoisotopic (exact) mass is 451 g/mol. The van der Waals surface area contributed by atoms with Gasteiger partial charge in [-0.1, -0.05) is 13.0 Å². The van der Waals surface area contributed by atoms with Gasteiger partial charge in [0.1, 0.15) is 6.10 Å². The van der Waals surface area contributed by atoms with Gasteiger partial charge in [-0.3, -0.25) is 9.52 Å². The van der Waals surface area contributed by atoms with E-state index in [1.165, 1.54) is 17.1 Å². The first kappa shape index (κ1) is 23.0. The summed E-state index contributed by atoms with van der Waals surface area (Å²) in [4.78, 5) is 18.8. The van der Waals surface area contributed by atoms with E-state index in [0.29, 0.717) is 13.1 Å². The van der Waals surface area contributed by atoms with E-state index in [2.05, 4.69) is 15.0 Å². The van der Waals surface area contributed by atoms with Crippen molar-refractivity contribution in [1.82, 2.24) is 19.8 Å². The number of aryl methyl sites for hydroxylation is 1. The number of sulfonamides is 1. The molecular formula is C20H29N5O5S. The van der Waals surface area contributed by atoms with Gasteiger partial charge in [0.2, 0.25) is 0 Å². The highest BCUT2D eigenvalue weighted by Gasteiger charge is 2.34. The van der Waals surface area contributed by atoms with Crippen LogP contribution in [-0.2, 0) is 17.1 Å². The second-order valence-corrected chi connectivity index (χ2v) is 9.47. The Labute approximate surface area is 182 Å². The fraction of sp³-hybridized carbons (Fsp3) is 0.500. The van der Waals surface area contributed by atoms with Crippen LogP contribution in [0.25, 0.3) is 0 Å². The molecule has 0 fully saturated rings. The van der Waals surface area contributed by atoms with Crippen molar-refractivity contribution in [2.45, 2.75) is 31.0 Å². The summed E-state index contributed by atoms with van der Waals surface area (Å²) < 4.78 is 35.9. The van der Waals surface area contributed by atoms with Gasteiger partial charge in [0.25, 0.3) is 15.9 Å². The zero-order valence-electron chi connectivity index (χ0n) is 18.1. The van der Waals surface area contributed by atoms with Crippen LogP contribution in [0.15, 0.2) is 35.7 Å². The van der Waals surface area contributed by atoms with E-state index in [1.54, 1.807) is 44.1 Å². The number of para-hydroxylation sites is 1. The van der Waals surface area contributed by atoms with Crippen LogP contribution >= 0.6 is 0 Å². The Morgan fingerprint density at radius 2 is 2.13 bits per heavy atom. The van der Waals surface area contributed by atoms with Crippen molar-refractivity contribution in [1.29, 1.82) is 0 Å². The van der Waals surface area contributed by atoms with Crippen LogP contribution in [0.1, 0.15) is 24.2 Å². The third-order valence-electron chi connectivity index (χ3n) is 5.30. The number of likely N-dealkylation sites (N-methyl/N-ethyl adjacent to an activating group) is 1. The van der Waals surface area contributed by atoms with Crippen LogP contribution in [0.4, 0.5) is 5.69 Å². The molecule has 1 amide bonds. The first-order valence-electron chi connectivity index (χ1n) is 10.0. The molecule has 1 aliphatic rings. The third-order valence-corrected chi connectivity index (χ3v) is 6.55. The Bertz CT molecular complexity index is 1040. The van der Waals surface area contributed by atoms with E-state index in [9.17, 15) is 18.3 Å². The molecule has 1 aromatic carbocycles. The van der Waals surface area contributed by atoms with Gasteiger partial charge >= 0.3 is 0 Å². The number of carbonyl (C=O) groups is 1. The topological polar surface area (TPSA) is 126 Å². The maximum absolute atomic E-state index is 13.3. The molecule has 2 aromatic rings. The number of amides is 1. The number of aliphatic hydroxyl groups excluding tert-OH is 1. The Morgan fingerprint density at radius 1 is 1.39 bits per heavy atom. The Morgan fingerprint density at radius 3 is 2.74 bits per heavy atom. The number of aliphatic hydroxyl groups is 1. The van der Waals surface area contributed by atoms with Crippen LogP contribution in [-0.4, -0.2) is 72.8 Å². The highest BCUT2D eigenvalue weighted by molar-refractivity contribution is 7.92. The molecule has 3 rings (SSSR count). The number of benzene rings is 1. The van der Waals surface area contributed by atoms with Crippen LogP contribution < -0.4 is 14.8 Å². The van der Waals surface area contributed by atoms with Gasteiger partial charge in [-0.15, -0.1) is 0 Å². The highest BCUT2D eigenvalue weighted by Crippen LogP contribution is 2.35. The minimum Gasteiger partial charge on any atom is -0.486 e. The number of nitrogens with one attached hydrogen (secondary N) is 2. The number of anilines is 1. The summed E-state index contributed by atoms with van der Waals surface area (Å²) in [5, 5.41) is 12.6. The van der Waals surface area contributed by atoms with E-state index < -0.39 is 16.1 Å². The Hall–Kier alpha value is -2.63. The van der Waals surface area contributed by atoms with Crippen LogP contribution in [0, 0.1) is 5.92 Å². The molecule has 0 aliphatic carbocycles. The Kier molecular flexibility index (Phi) is 6.87. The van der Waals surface area contributed by atoms with Gasteiger partial charge in [0.05, 0.1) is 30.2 Å². The molecule has 0 saturated carbocycles. The fourth-order valence-electron chi connectivity index (χ4n) is 3.49. The van der Waals surface area contributed by atoms with Gasteiger partial charge < -0.3 is 24.6 Å². The smallest absolute Gasteiger partial charge is 0.281 e. The maximum Gasteiger partial charge on any atom is 0.281 e. The van der Waals surface area contributed by atoms with Crippen LogP contribution in [0.2, 0.25) is 0 Å². The van der Waals surface area contributed by atoms with E-state index in [0.717, 1.165) is 0 Å². The number of fused-ring (bicyclic) bond motifs is 1. The number of hydrogen-bond acceptors (Lipinski definition) is 7. The maximum atomic E-state index is 13.3. The zero-order valence-corrected chi connectivity index (χ0v) is 18.9. The molecule has 0 radical (unpaired) electrons. The summed E-state index contributed by atoms with van der Waals surface area (Å²) in [6.45, 7) is 4.44. The molecule has 1 aromatic heterocycles. The number of carbonyl (C=O) groups excluding carboxylic acids is 1. The van der Waals surface area contributed by atoms with Gasteiger partial charge in [-0.25, -0.2) is 4.98 Å². The van der Waals surface area contributed by atoms with Crippen molar-refractivity contribution in [3.05, 3.63) is 36.3 Å². The minimum absolute atomic E-state index is 0.0704. The molecular weight excluding hydrogens is 422 g/mol. The van der Waals surface area contributed by atoms with Gasteiger partial charge in [-0.2, -0.15) is 8.42 Å². The number of ether oxygens (including phenoxy) is 1. The first-order valence-corrected chi connectivity index (χ1v) is 11.5. The van der Waals surface area contributed by atoms with Crippen molar-refractivity contribution in [2.75, 3.05) is 31.5 Å². The first-order chi connectivity index (χ1) is 14.7. The van der Waals surface area contributed by atoms with Crippen molar-refractivity contribution >= 4 is 21.6 Å². The fourth-order valence-corrected chi connectivity index (χ4v) is 4.54. The lowest BCUT2D eigenvalue weighted by atomic mass is 9.99. The highest BCUT2D eigenvalue weighted by atomic mass is 32.2. The molecule has 3 atom stereocenters. The quantitative estimate of drug-likeness (QED) is 0.565. The summed E-state index contributed by atoms with van der Waals surface area (Å²) >= 11 is 0. The molecule has 11 heteroatoms. The molecule has 3 N–H and O–H groups in total. The third kappa shape index (κ3) is 4.83. The van der Waals surface area contributed by atoms with Crippen molar-refractivity contribution in [2.24, 2.45) is 13.0 Å².